The number of H-pyrrole nitrogens is 2. The normalized spacial score (nSPS) is 24.7. The van der Waals surface area contributed by atoms with Crippen molar-refractivity contribution in [3.63, 3.8) is 0 Å². The molecule has 1 aliphatic carbocycles. The molecule has 7 nitrogen and oxygen atoms in total. The summed E-state index contributed by atoms with van der Waals surface area (Å²) in [6, 6.07) is 15.9. The van der Waals surface area contributed by atoms with Crippen LogP contribution in [0.5, 0.6) is 0 Å². The van der Waals surface area contributed by atoms with Gasteiger partial charge in [0.05, 0.1) is 11.8 Å². The van der Waals surface area contributed by atoms with Crippen LogP contribution in [0.15, 0.2) is 73.4 Å². The Morgan fingerprint density at radius 1 is 1.15 bits per heavy atom. The smallest absolute Gasteiger partial charge is 0.351 e. The van der Waals surface area contributed by atoms with Crippen LogP contribution in [0.1, 0.15) is 48.3 Å². The Balaban J connectivity index is 1.39. The van der Waals surface area contributed by atoms with Crippen molar-refractivity contribution in [3.8, 4) is 11.3 Å². The van der Waals surface area contributed by atoms with E-state index in [1.165, 1.54) is 0 Å². The number of fused-ring (bicyclic) bond motifs is 2. The summed E-state index contributed by atoms with van der Waals surface area (Å²) in [5.41, 5.74) is 2.73. The van der Waals surface area contributed by atoms with E-state index in [1.807, 2.05) is 70.2 Å². The first-order chi connectivity index (χ1) is 16.7. The molecule has 1 aromatic carbocycles. The molecule has 3 N–H and O–H groups in total. The number of hydrogen-bond acceptors (Lipinski definition) is 3. The van der Waals surface area contributed by atoms with Gasteiger partial charge in [-0.1, -0.05) is 54.2 Å². The Bertz CT molecular complexity index is 1320. The average Bonchev–Trinajstić information content (AvgIpc) is 3.30. The number of aromatic nitrogens is 4. The first kappa shape index (κ1) is 21.0. The zero-order valence-electron chi connectivity index (χ0n) is 19.0. The predicted molar refractivity (Wildman–Crippen MR) is 125 cm³/mol. The second-order valence-corrected chi connectivity index (χ2v) is 9.48. The molecule has 1 aliphatic heterocycles. The highest BCUT2D eigenvalue weighted by atomic mass is 16.3. The highest BCUT2D eigenvalue weighted by Gasteiger charge is 2.51. The third-order valence-corrected chi connectivity index (χ3v) is 7.70. The fourth-order valence-electron chi connectivity index (χ4n) is 6.08. The molecular weight excluding hydrogens is 426 g/mol. The number of imidazole rings is 1. The van der Waals surface area contributed by atoms with Crippen LogP contribution < -0.4 is 9.38 Å². The molecular formula is C27H29N5O2+2. The average molecular weight is 456 g/mol. The molecule has 7 heteroatoms. The lowest BCUT2D eigenvalue weighted by Gasteiger charge is -2.52. The second kappa shape index (κ2) is 8.33. The van der Waals surface area contributed by atoms with Gasteiger partial charge in [-0.25, -0.2) is 9.97 Å². The SMILES string of the molecule is O=C(c1[nH]c(-c2cnc[nH+]c2)c2cccc[n+]12)N1CC[C@](O)(c2ccccc2)[C@H]2CCCC[C@H]21. The lowest BCUT2D eigenvalue weighted by molar-refractivity contribution is -0.514. The van der Waals surface area contributed by atoms with Gasteiger partial charge in [0.15, 0.2) is 17.4 Å². The van der Waals surface area contributed by atoms with E-state index in [1.54, 1.807) is 12.5 Å². The molecule has 4 heterocycles. The minimum atomic E-state index is -0.898. The Labute approximate surface area is 198 Å². The molecule has 0 bridgehead atoms. The van der Waals surface area contributed by atoms with Crippen molar-refractivity contribution in [1.82, 2.24) is 14.9 Å². The van der Waals surface area contributed by atoms with Crippen molar-refractivity contribution in [1.29, 1.82) is 0 Å². The number of nitrogens with one attached hydrogen (secondary N) is 2. The molecule has 3 atom stereocenters. The molecule has 1 saturated heterocycles. The number of aliphatic hydroxyl groups is 1. The van der Waals surface area contributed by atoms with Crippen molar-refractivity contribution in [2.24, 2.45) is 5.92 Å². The number of benzene rings is 1. The minimum Gasteiger partial charge on any atom is -0.385 e. The van der Waals surface area contributed by atoms with Gasteiger partial charge in [0.25, 0.3) is 6.33 Å². The number of pyridine rings is 1. The zero-order chi connectivity index (χ0) is 23.1. The molecule has 4 aromatic rings. The summed E-state index contributed by atoms with van der Waals surface area (Å²) < 4.78 is 1.93. The van der Waals surface area contributed by atoms with E-state index in [4.69, 9.17) is 0 Å². The summed E-state index contributed by atoms with van der Waals surface area (Å²) in [6.45, 7) is 0.523. The van der Waals surface area contributed by atoms with E-state index < -0.39 is 5.60 Å². The van der Waals surface area contributed by atoms with Crippen LogP contribution in [0.3, 0.4) is 0 Å². The lowest BCUT2D eigenvalue weighted by atomic mass is 9.66. The van der Waals surface area contributed by atoms with Gasteiger partial charge in [-0.3, -0.25) is 4.79 Å². The minimum absolute atomic E-state index is 0.0121. The second-order valence-electron chi connectivity index (χ2n) is 9.48. The Kier molecular flexibility index (Phi) is 5.14. The monoisotopic (exact) mass is 455 g/mol. The summed E-state index contributed by atoms with van der Waals surface area (Å²) >= 11 is 0. The largest absolute Gasteiger partial charge is 0.385 e. The zero-order valence-corrected chi connectivity index (χ0v) is 19.0. The summed E-state index contributed by atoms with van der Waals surface area (Å²) in [5, 5.41) is 11.9. The van der Waals surface area contributed by atoms with E-state index >= 15 is 0 Å². The number of hydrogen-bond donors (Lipinski definition) is 2. The highest BCUT2D eigenvalue weighted by Crippen LogP contribution is 2.47. The third kappa shape index (κ3) is 3.30. The van der Waals surface area contributed by atoms with Gasteiger partial charge >= 0.3 is 11.7 Å². The number of piperidine rings is 1. The van der Waals surface area contributed by atoms with Crippen molar-refractivity contribution in [3.05, 3.63) is 84.8 Å². The van der Waals surface area contributed by atoms with Crippen LogP contribution in [-0.2, 0) is 5.60 Å². The highest BCUT2D eigenvalue weighted by molar-refractivity contribution is 5.91. The van der Waals surface area contributed by atoms with Gasteiger partial charge < -0.3 is 10.0 Å². The Hall–Kier alpha value is -3.58. The Morgan fingerprint density at radius 3 is 2.79 bits per heavy atom. The summed E-state index contributed by atoms with van der Waals surface area (Å²) in [7, 11) is 0. The van der Waals surface area contributed by atoms with Gasteiger partial charge in [-0.05, 0) is 37.0 Å². The lowest BCUT2D eigenvalue weighted by Crippen LogP contribution is -2.59. The molecule has 0 spiro atoms. The number of rotatable bonds is 3. The molecule has 2 aliphatic rings. The van der Waals surface area contributed by atoms with E-state index in [9.17, 15) is 9.90 Å². The number of carbonyl (C=O) groups excluding carboxylic acids is 1. The summed E-state index contributed by atoms with van der Waals surface area (Å²) in [6.07, 6.45) is 11.7. The van der Waals surface area contributed by atoms with Crippen LogP contribution >= 0.6 is 0 Å². The fraction of sp³-hybridized carbons (Fsp3) is 0.333. The number of nitrogens with zero attached hydrogens (tertiary/aromatic N) is 3. The first-order valence-corrected chi connectivity index (χ1v) is 12.1. The molecule has 0 unspecified atom stereocenters. The molecule has 34 heavy (non-hydrogen) atoms. The van der Waals surface area contributed by atoms with Crippen molar-refractivity contribution >= 4 is 11.4 Å². The molecule has 172 valence electrons. The van der Waals surface area contributed by atoms with Crippen LogP contribution in [0.25, 0.3) is 16.8 Å². The maximum Gasteiger partial charge on any atom is 0.351 e. The summed E-state index contributed by atoms with van der Waals surface area (Å²) in [5.74, 6) is 0.538. The fourth-order valence-corrected chi connectivity index (χ4v) is 6.08. The van der Waals surface area contributed by atoms with Crippen LogP contribution in [0.4, 0.5) is 0 Å². The van der Waals surface area contributed by atoms with Crippen molar-refractivity contribution in [2.75, 3.05) is 6.54 Å². The van der Waals surface area contributed by atoms with Gasteiger partial charge in [0.2, 0.25) is 0 Å². The number of carbonyl (C=O) groups is 1. The van der Waals surface area contributed by atoms with E-state index in [0.717, 1.165) is 48.0 Å². The van der Waals surface area contributed by atoms with Gasteiger partial charge in [0, 0.05) is 18.5 Å². The predicted octanol–water partition coefficient (Wildman–Crippen LogP) is 2.92. The van der Waals surface area contributed by atoms with Gasteiger partial charge in [-0.2, -0.15) is 4.40 Å². The van der Waals surface area contributed by atoms with Crippen molar-refractivity contribution in [2.45, 2.75) is 43.7 Å². The standard InChI is InChI=1S/C27H27N5O2/c33-26(25-30-24(19-16-28-18-29-17-19)23-12-6-7-14-31(23)25)32-15-13-27(34,20-8-2-1-3-9-20)21-10-4-5-11-22(21)32/h1-3,6-9,12,14,16-18,21-22,34H,4-5,10-11,13,15H2/p+2/t21-,22+,27-/m0/s1. The van der Waals surface area contributed by atoms with Gasteiger partial charge in [0.1, 0.15) is 11.8 Å². The molecule has 0 radical (unpaired) electrons. The van der Waals surface area contributed by atoms with E-state index in [2.05, 4.69) is 15.0 Å². The molecule has 3 aromatic heterocycles. The number of amides is 1. The number of aromatic amines is 2. The maximum atomic E-state index is 14.0. The number of likely N-dealkylation sites (tertiary alicyclic amines) is 1. The van der Waals surface area contributed by atoms with Crippen LogP contribution in [-0.4, -0.2) is 38.5 Å². The molecule has 6 rings (SSSR count). The van der Waals surface area contributed by atoms with Gasteiger partial charge in [-0.15, -0.1) is 0 Å². The van der Waals surface area contributed by atoms with E-state index in [0.29, 0.717) is 18.8 Å². The quantitative estimate of drug-likeness (QED) is 0.466. The molecule has 2 fully saturated rings. The van der Waals surface area contributed by atoms with Crippen molar-refractivity contribution < 1.29 is 19.3 Å². The van der Waals surface area contributed by atoms with E-state index in [-0.39, 0.29) is 17.9 Å². The Morgan fingerprint density at radius 2 is 1.97 bits per heavy atom. The summed E-state index contributed by atoms with van der Waals surface area (Å²) in [4.78, 5) is 26.7. The maximum absolute atomic E-state index is 14.0. The topological polar surface area (TPSA) is 87.5 Å². The molecule has 1 saturated carbocycles. The van der Waals surface area contributed by atoms with Crippen LogP contribution in [0, 0.1) is 5.92 Å². The van der Waals surface area contributed by atoms with Crippen LogP contribution in [0.2, 0.25) is 0 Å². The molecule has 1 amide bonds. The third-order valence-electron chi connectivity index (χ3n) is 7.70. The first-order valence-electron chi connectivity index (χ1n) is 12.1.